The second kappa shape index (κ2) is 8.23. The summed E-state index contributed by atoms with van der Waals surface area (Å²) >= 11 is 0. The van der Waals surface area contributed by atoms with E-state index in [-0.39, 0.29) is 24.8 Å². The Balaban J connectivity index is 2.72. The molecular weight excluding hydrogens is 246 g/mol. The largest absolute Gasteiger partial charge is 0.383 e. The van der Waals surface area contributed by atoms with Crippen molar-refractivity contribution in [2.75, 3.05) is 32.1 Å². The van der Waals surface area contributed by atoms with Crippen LogP contribution in [0.1, 0.15) is 16.8 Å². The van der Waals surface area contributed by atoms with Crippen molar-refractivity contribution >= 4 is 17.5 Å². The maximum absolute atomic E-state index is 11.9. The molecule has 6 heteroatoms. The van der Waals surface area contributed by atoms with E-state index in [4.69, 9.17) is 10.5 Å². The van der Waals surface area contributed by atoms with E-state index in [0.717, 1.165) is 0 Å². The van der Waals surface area contributed by atoms with E-state index in [0.29, 0.717) is 24.4 Å². The first-order valence-electron chi connectivity index (χ1n) is 6.05. The van der Waals surface area contributed by atoms with E-state index in [1.165, 1.54) is 0 Å². The van der Waals surface area contributed by atoms with Crippen molar-refractivity contribution in [1.29, 1.82) is 0 Å². The van der Waals surface area contributed by atoms with Gasteiger partial charge in [-0.3, -0.25) is 9.59 Å². The van der Waals surface area contributed by atoms with E-state index in [1.807, 2.05) is 0 Å². The molecule has 0 aromatic heterocycles. The minimum atomic E-state index is -0.249. The van der Waals surface area contributed by atoms with Gasteiger partial charge >= 0.3 is 0 Å². The van der Waals surface area contributed by atoms with Crippen LogP contribution in [0.4, 0.5) is 5.69 Å². The fourth-order valence-corrected chi connectivity index (χ4v) is 1.50. The van der Waals surface area contributed by atoms with Crippen LogP contribution in [0, 0.1) is 0 Å². The van der Waals surface area contributed by atoms with E-state index in [2.05, 4.69) is 10.6 Å². The number of rotatable bonds is 7. The lowest BCUT2D eigenvalue weighted by molar-refractivity contribution is -0.116. The van der Waals surface area contributed by atoms with Crippen molar-refractivity contribution in [2.45, 2.75) is 6.42 Å². The van der Waals surface area contributed by atoms with E-state index < -0.39 is 0 Å². The number of nitrogens with one attached hydrogen (secondary N) is 2. The molecule has 0 aliphatic carbocycles. The predicted molar refractivity (Wildman–Crippen MR) is 73.0 cm³/mol. The third-order valence-corrected chi connectivity index (χ3v) is 2.41. The summed E-state index contributed by atoms with van der Waals surface area (Å²) in [7, 11) is 1.56. The second-order valence-electron chi connectivity index (χ2n) is 3.88. The quantitative estimate of drug-likeness (QED) is 0.620. The summed E-state index contributed by atoms with van der Waals surface area (Å²) in [5.74, 6) is -0.458. The standard InChI is InChI=1S/C13H19N3O3/c1-19-9-8-15-13(18)10-4-2-3-5-11(10)16-12(17)6-7-14/h2-5H,6-9,14H2,1H3,(H,15,18)(H,16,17). The molecule has 6 nitrogen and oxygen atoms in total. The van der Waals surface area contributed by atoms with Gasteiger partial charge < -0.3 is 21.1 Å². The number of carbonyl (C=O) groups excluding carboxylic acids is 2. The molecule has 19 heavy (non-hydrogen) atoms. The molecule has 0 atom stereocenters. The van der Waals surface area contributed by atoms with Crippen LogP contribution in [0.25, 0.3) is 0 Å². The lowest BCUT2D eigenvalue weighted by Gasteiger charge is -2.11. The first-order valence-corrected chi connectivity index (χ1v) is 6.05. The Kier molecular flexibility index (Phi) is 6.56. The molecule has 0 radical (unpaired) electrons. The van der Waals surface area contributed by atoms with Crippen LogP contribution < -0.4 is 16.4 Å². The topological polar surface area (TPSA) is 93.5 Å². The maximum atomic E-state index is 11.9. The summed E-state index contributed by atoms with van der Waals surface area (Å²) in [6.45, 7) is 1.13. The van der Waals surface area contributed by atoms with Crippen molar-refractivity contribution in [3.05, 3.63) is 29.8 Å². The molecule has 0 aliphatic heterocycles. The van der Waals surface area contributed by atoms with Crippen LogP contribution in [0.15, 0.2) is 24.3 Å². The zero-order valence-electron chi connectivity index (χ0n) is 10.9. The molecule has 0 saturated heterocycles. The number of methoxy groups -OCH3 is 1. The number of hydrogen-bond donors (Lipinski definition) is 3. The van der Waals surface area contributed by atoms with E-state index >= 15 is 0 Å². The van der Waals surface area contributed by atoms with Gasteiger partial charge in [0.2, 0.25) is 5.91 Å². The summed E-state index contributed by atoms with van der Waals surface area (Å²) in [6, 6.07) is 6.83. The van der Waals surface area contributed by atoms with Gasteiger partial charge in [0.25, 0.3) is 5.91 Å². The monoisotopic (exact) mass is 265 g/mol. The van der Waals surface area contributed by atoms with Crippen LogP contribution in [0.3, 0.4) is 0 Å². The van der Waals surface area contributed by atoms with Gasteiger partial charge in [0.15, 0.2) is 0 Å². The first kappa shape index (κ1) is 15.1. The average molecular weight is 265 g/mol. The van der Waals surface area contributed by atoms with Gasteiger partial charge in [0.1, 0.15) is 0 Å². The number of benzene rings is 1. The van der Waals surface area contributed by atoms with Gasteiger partial charge in [0, 0.05) is 26.6 Å². The molecule has 0 spiro atoms. The molecule has 0 unspecified atom stereocenters. The van der Waals surface area contributed by atoms with Crippen molar-refractivity contribution in [1.82, 2.24) is 5.32 Å². The molecule has 0 bridgehead atoms. The third-order valence-electron chi connectivity index (χ3n) is 2.41. The Hall–Kier alpha value is -1.92. The molecule has 104 valence electrons. The van der Waals surface area contributed by atoms with Crippen molar-refractivity contribution < 1.29 is 14.3 Å². The molecule has 0 heterocycles. The fourth-order valence-electron chi connectivity index (χ4n) is 1.50. The molecule has 0 fully saturated rings. The predicted octanol–water partition coefficient (Wildman–Crippen LogP) is 0.350. The highest BCUT2D eigenvalue weighted by molar-refractivity contribution is 6.03. The van der Waals surface area contributed by atoms with Gasteiger partial charge in [-0.15, -0.1) is 0 Å². The lowest BCUT2D eigenvalue weighted by atomic mass is 10.1. The zero-order valence-corrected chi connectivity index (χ0v) is 10.9. The summed E-state index contributed by atoms with van der Waals surface area (Å²) in [5.41, 5.74) is 6.21. The van der Waals surface area contributed by atoms with Crippen LogP contribution >= 0.6 is 0 Å². The SMILES string of the molecule is COCCNC(=O)c1ccccc1NC(=O)CCN. The van der Waals surface area contributed by atoms with Gasteiger partial charge in [-0.2, -0.15) is 0 Å². The van der Waals surface area contributed by atoms with Crippen LogP contribution in [-0.4, -0.2) is 38.6 Å². The Bertz CT molecular complexity index is 435. The summed E-state index contributed by atoms with van der Waals surface area (Å²) in [5, 5.41) is 5.38. The van der Waals surface area contributed by atoms with Crippen LogP contribution in [0.2, 0.25) is 0 Å². The number of carbonyl (C=O) groups is 2. The molecule has 4 N–H and O–H groups in total. The maximum Gasteiger partial charge on any atom is 0.253 e. The first-order chi connectivity index (χ1) is 9.19. The van der Waals surface area contributed by atoms with Gasteiger partial charge in [-0.05, 0) is 12.1 Å². The van der Waals surface area contributed by atoms with E-state index in [9.17, 15) is 9.59 Å². The second-order valence-corrected chi connectivity index (χ2v) is 3.88. The molecule has 0 aliphatic rings. The van der Waals surface area contributed by atoms with Crippen molar-refractivity contribution in [2.24, 2.45) is 5.73 Å². The highest BCUT2D eigenvalue weighted by Gasteiger charge is 2.12. The molecule has 1 rings (SSSR count). The Morgan fingerprint density at radius 3 is 2.74 bits per heavy atom. The minimum Gasteiger partial charge on any atom is -0.383 e. The number of anilines is 1. The number of para-hydroxylation sites is 1. The fraction of sp³-hybridized carbons (Fsp3) is 0.385. The van der Waals surface area contributed by atoms with Gasteiger partial charge in [0.05, 0.1) is 17.9 Å². The minimum absolute atomic E-state index is 0.209. The van der Waals surface area contributed by atoms with Crippen LogP contribution in [-0.2, 0) is 9.53 Å². The van der Waals surface area contributed by atoms with Gasteiger partial charge in [-0.25, -0.2) is 0 Å². The third kappa shape index (κ3) is 5.07. The van der Waals surface area contributed by atoms with E-state index in [1.54, 1.807) is 31.4 Å². The number of amides is 2. The number of nitrogens with two attached hydrogens (primary N) is 1. The molecule has 2 amide bonds. The molecule has 1 aromatic carbocycles. The number of ether oxygens (including phenoxy) is 1. The Morgan fingerprint density at radius 1 is 1.32 bits per heavy atom. The Morgan fingerprint density at radius 2 is 2.05 bits per heavy atom. The zero-order chi connectivity index (χ0) is 14.1. The van der Waals surface area contributed by atoms with Crippen LogP contribution in [0.5, 0.6) is 0 Å². The normalized spacial score (nSPS) is 10.0. The summed E-state index contributed by atoms with van der Waals surface area (Å²) < 4.78 is 4.86. The number of hydrogen-bond acceptors (Lipinski definition) is 4. The smallest absolute Gasteiger partial charge is 0.253 e. The summed E-state index contributed by atoms with van der Waals surface area (Å²) in [6.07, 6.45) is 0.222. The van der Waals surface area contributed by atoms with Crippen molar-refractivity contribution in [3.63, 3.8) is 0 Å². The van der Waals surface area contributed by atoms with Crippen molar-refractivity contribution in [3.8, 4) is 0 Å². The molecule has 1 aromatic rings. The molecular formula is C13H19N3O3. The molecule has 0 saturated carbocycles. The highest BCUT2D eigenvalue weighted by Crippen LogP contribution is 2.15. The average Bonchev–Trinajstić information content (AvgIpc) is 2.39. The van der Waals surface area contributed by atoms with Gasteiger partial charge in [-0.1, -0.05) is 12.1 Å². The highest BCUT2D eigenvalue weighted by atomic mass is 16.5. The lowest BCUT2D eigenvalue weighted by Crippen LogP contribution is -2.28. The Labute approximate surface area is 112 Å². The summed E-state index contributed by atoms with van der Waals surface area (Å²) in [4.78, 5) is 23.4.